The lowest BCUT2D eigenvalue weighted by Crippen LogP contribution is -2.64. The first-order chi connectivity index (χ1) is 32.7. The number of likely N-dealkylation sites (tertiary alicyclic amines) is 2. The summed E-state index contributed by atoms with van der Waals surface area (Å²) in [5.41, 5.74) is 3.40. The molecule has 6 heterocycles. The highest BCUT2D eigenvalue weighted by atomic mass is 79.9. The van der Waals surface area contributed by atoms with Gasteiger partial charge in [-0.2, -0.15) is 0 Å². The fourth-order valence-electron chi connectivity index (χ4n) is 8.26. The molecule has 0 bridgehead atoms. The van der Waals surface area contributed by atoms with Crippen LogP contribution in [0.5, 0.6) is 0 Å². The number of thiophene rings is 2. The molecule has 13 heteroatoms. The number of halogens is 1. The third kappa shape index (κ3) is 12.4. The number of piperazine rings is 2. The number of nitrogens with zero attached hydrogens (tertiary/aromatic N) is 6. The molecule has 340 valence electrons. The van der Waals surface area contributed by atoms with Crippen molar-refractivity contribution < 1.29 is 19.2 Å². The second-order valence-corrected chi connectivity index (χ2v) is 20.1. The fraction of sp³-hybridized carbons (Fsp3) is 0.259. The van der Waals surface area contributed by atoms with E-state index in [-0.39, 0.29) is 23.6 Å². The van der Waals surface area contributed by atoms with E-state index >= 15 is 0 Å². The van der Waals surface area contributed by atoms with Crippen molar-refractivity contribution in [3.8, 4) is 24.2 Å². The zero-order valence-electron chi connectivity index (χ0n) is 37.1. The van der Waals surface area contributed by atoms with Crippen molar-refractivity contribution in [2.75, 3.05) is 78.5 Å². The van der Waals surface area contributed by atoms with Gasteiger partial charge in [0.2, 0.25) is 0 Å². The summed E-state index contributed by atoms with van der Waals surface area (Å²) in [4.78, 5) is 65.3. The summed E-state index contributed by atoms with van der Waals surface area (Å²) >= 11 is 6.34. The maximum Gasteiger partial charge on any atom is 0.264 e. The molecule has 0 N–H and O–H groups in total. The molecule has 6 aromatic rings. The highest BCUT2D eigenvalue weighted by molar-refractivity contribution is 9.11. The summed E-state index contributed by atoms with van der Waals surface area (Å²) in [7, 11) is 0. The number of hydrogen-bond acceptors (Lipinski definition) is 8. The minimum atomic E-state index is 0.0851. The average Bonchev–Trinajstić information content (AvgIpc) is 4.03. The minimum absolute atomic E-state index is 0.0851. The summed E-state index contributed by atoms with van der Waals surface area (Å²) in [5.74, 6) is 9.24. The Kier molecular flexibility index (Phi) is 16.1. The van der Waals surface area contributed by atoms with Crippen molar-refractivity contribution in [2.24, 2.45) is 0 Å². The Hall–Kier alpha value is -6.32. The lowest BCUT2D eigenvalue weighted by atomic mass is 10.1. The molecule has 4 aliphatic rings. The molecule has 0 radical (unpaired) electrons. The van der Waals surface area contributed by atoms with Crippen LogP contribution in [0.3, 0.4) is 0 Å². The lowest BCUT2D eigenvalue weighted by molar-refractivity contribution is 0.00832. The van der Waals surface area contributed by atoms with E-state index < -0.39 is 0 Å². The van der Waals surface area contributed by atoms with Gasteiger partial charge in [0.15, 0.2) is 0 Å². The topological polar surface area (TPSA) is 87.7 Å². The van der Waals surface area contributed by atoms with Gasteiger partial charge in [-0.3, -0.25) is 29.0 Å². The number of carbonyl (C=O) groups excluding carboxylic acids is 4. The van der Waals surface area contributed by atoms with E-state index in [0.717, 1.165) is 119 Å². The van der Waals surface area contributed by atoms with Crippen LogP contribution in [0.4, 0.5) is 0 Å². The molecule has 67 heavy (non-hydrogen) atoms. The number of benzene rings is 4. The maximum absolute atomic E-state index is 12.9. The Labute approximate surface area is 409 Å². The highest BCUT2D eigenvalue weighted by Crippen LogP contribution is 2.27. The van der Waals surface area contributed by atoms with Crippen molar-refractivity contribution in [3.05, 3.63) is 186 Å². The van der Waals surface area contributed by atoms with Gasteiger partial charge in [-0.25, -0.2) is 0 Å². The summed E-state index contributed by atoms with van der Waals surface area (Å²) in [6.45, 7) is 9.44. The van der Waals surface area contributed by atoms with Crippen molar-refractivity contribution in [1.82, 2.24) is 29.4 Å². The van der Waals surface area contributed by atoms with Crippen LogP contribution in [-0.2, 0) is 0 Å². The van der Waals surface area contributed by atoms with Gasteiger partial charge in [0.25, 0.3) is 23.6 Å². The molecule has 0 aliphatic carbocycles. The molecule has 2 aromatic heterocycles. The first kappa shape index (κ1) is 47.2. The summed E-state index contributed by atoms with van der Waals surface area (Å²) in [6, 6.07) is 46.8. The van der Waals surface area contributed by atoms with E-state index in [1.54, 1.807) is 0 Å². The molecule has 0 atom stereocenters. The molecule has 4 fully saturated rings. The molecule has 0 unspecified atom stereocenters. The highest BCUT2D eigenvalue weighted by Gasteiger charge is 2.39. The van der Waals surface area contributed by atoms with Crippen LogP contribution in [-0.4, -0.2) is 144 Å². The van der Waals surface area contributed by atoms with Gasteiger partial charge in [-0.15, -0.1) is 29.1 Å². The fourth-order valence-corrected chi connectivity index (χ4v) is 10.4. The van der Waals surface area contributed by atoms with Gasteiger partial charge < -0.3 is 19.6 Å². The molecule has 4 amide bonds. The van der Waals surface area contributed by atoms with E-state index in [0.29, 0.717) is 12.1 Å². The second-order valence-electron chi connectivity index (χ2n) is 16.5. The molecular weight excluding hydrogens is 941 g/mol. The quantitative estimate of drug-likeness (QED) is 0.158. The molecule has 10 rings (SSSR count). The van der Waals surface area contributed by atoms with Crippen molar-refractivity contribution in [2.45, 2.75) is 12.1 Å². The number of terminal acetylenes is 1. The normalized spacial score (nSPS) is 16.4. The van der Waals surface area contributed by atoms with Crippen molar-refractivity contribution in [3.63, 3.8) is 0 Å². The zero-order chi connectivity index (χ0) is 46.5. The first-order valence-electron chi connectivity index (χ1n) is 22.4. The Morgan fingerprint density at radius 2 is 0.851 bits per heavy atom. The van der Waals surface area contributed by atoms with E-state index in [4.69, 9.17) is 6.42 Å². The van der Waals surface area contributed by atoms with Crippen LogP contribution in [0.25, 0.3) is 0 Å². The Balaban J connectivity index is 0.000000159. The summed E-state index contributed by atoms with van der Waals surface area (Å²) in [5, 5.41) is 0. The van der Waals surface area contributed by atoms with Crippen molar-refractivity contribution in [1.29, 1.82) is 0 Å². The second kappa shape index (κ2) is 22.9. The van der Waals surface area contributed by atoms with Crippen LogP contribution < -0.4 is 0 Å². The van der Waals surface area contributed by atoms with Gasteiger partial charge in [0.05, 0.1) is 18.4 Å². The number of hydrogen-bond donors (Lipinski definition) is 0. The monoisotopic (exact) mass is 990 g/mol. The minimum Gasteiger partial charge on any atom is -0.336 e. The standard InChI is InChI=1S/C27H25N3O2S.C19H20BrN3O2S.C8H6/c31-26(22-9-5-2-6-10-22)29-17-15-28(16-18-29)23-19-30(20-23)27(32)25-14-13-24(33-25)12-11-21-7-3-1-4-8-21;20-17-7-6-16(26-17)19(25)23-12-15(13-23)21-8-10-22(11-9-21)18(24)14-4-2-1-3-5-14;1-2-8-6-4-3-5-7-8/h1-10,13-14,23H,15-20H2;1-7,15H,8-13H2;1,3-7H. The molecule has 4 saturated heterocycles. The van der Waals surface area contributed by atoms with Gasteiger partial charge in [-0.1, -0.05) is 90.6 Å². The SMILES string of the molecule is C#Cc1ccccc1.O=C(c1ccccc1)N1CCN(C2CN(C(=O)c3ccc(Br)s3)C2)CC1.O=C(c1ccccc1)N1CCN(C2CN(C(=O)c3ccc(C#Cc4ccccc4)s3)C2)CC1. The number of amides is 4. The van der Waals surface area contributed by atoms with Crippen LogP contribution >= 0.6 is 38.6 Å². The molecular formula is C54H51BrN6O4S2. The predicted octanol–water partition coefficient (Wildman–Crippen LogP) is 7.89. The third-order valence-electron chi connectivity index (χ3n) is 12.2. The summed E-state index contributed by atoms with van der Waals surface area (Å²) < 4.78 is 0.983. The van der Waals surface area contributed by atoms with E-state index in [9.17, 15) is 19.2 Å². The Morgan fingerprint density at radius 3 is 1.25 bits per heavy atom. The largest absolute Gasteiger partial charge is 0.336 e. The zero-order valence-corrected chi connectivity index (χ0v) is 40.3. The number of carbonyl (C=O) groups is 4. The molecule has 0 spiro atoms. The van der Waals surface area contributed by atoms with Crippen LogP contribution in [0.1, 0.15) is 56.1 Å². The maximum atomic E-state index is 12.9. The van der Waals surface area contributed by atoms with E-state index in [2.05, 4.69) is 43.5 Å². The molecule has 0 saturated carbocycles. The smallest absolute Gasteiger partial charge is 0.264 e. The van der Waals surface area contributed by atoms with Crippen LogP contribution in [0.15, 0.2) is 149 Å². The molecule has 4 aliphatic heterocycles. The lowest BCUT2D eigenvalue weighted by Gasteiger charge is -2.48. The molecule has 4 aromatic carbocycles. The van der Waals surface area contributed by atoms with Gasteiger partial charge in [-0.05, 0) is 88.7 Å². The average molecular weight is 992 g/mol. The summed E-state index contributed by atoms with van der Waals surface area (Å²) in [6.07, 6.45) is 5.10. The van der Waals surface area contributed by atoms with E-state index in [1.165, 1.54) is 22.7 Å². The van der Waals surface area contributed by atoms with Gasteiger partial charge >= 0.3 is 0 Å². The van der Waals surface area contributed by atoms with E-state index in [1.807, 2.05) is 165 Å². The van der Waals surface area contributed by atoms with Crippen LogP contribution in [0, 0.1) is 24.2 Å². The first-order valence-corrected chi connectivity index (χ1v) is 24.8. The Morgan fingerprint density at radius 1 is 0.448 bits per heavy atom. The predicted molar refractivity (Wildman–Crippen MR) is 270 cm³/mol. The van der Waals surface area contributed by atoms with Gasteiger partial charge in [0.1, 0.15) is 0 Å². The molecule has 10 nitrogen and oxygen atoms in total. The third-order valence-corrected chi connectivity index (χ3v) is 14.8. The van der Waals surface area contributed by atoms with Crippen LogP contribution in [0.2, 0.25) is 0 Å². The van der Waals surface area contributed by atoms with Gasteiger partial charge in [0, 0.05) is 113 Å². The Bertz CT molecular complexity index is 2700. The number of rotatable bonds is 6. The van der Waals surface area contributed by atoms with Crippen molar-refractivity contribution >= 4 is 62.2 Å².